The van der Waals surface area contributed by atoms with Crippen molar-refractivity contribution < 1.29 is 22.3 Å². The number of benzene rings is 2. The second kappa shape index (κ2) is 6.31. The molecule has 2 heterocycles. The molecule has 0 atom stereocenters. The molecule has 0 aliphatic rings. The smallest absolute Gasteiger partial charge is 0.416 e. The number of H-pyrrole nitrogens is 1. The Morgan fingerprint density at radius 1 is 0.926 bits per heavy atom. The predicted octanol–water partition coefficient (Wildman–Crippen LogP) is 4.37. The minimum absolute atomic E-state index is 0.0134. The Kier molecular flexibility index (Phi) is 3.94. The first kappa shape index (κ1) is 16.9. The summed E-state index contributed by atoms with van der Waals surface area (Å²) >= 11 is 0. The van der Waals surface area contributed by atoms with Crippen molar-refractivity contribution in [3.63, 3.8) is 0 Å². The summed E-state index contributed by atoms with van der Waals surface area (Å²) in [4.78, 5) is 8.19. The molecule has 0 aliphatic heterocycles. The third-order valence-electron chi connectivity index (χ3n) is 3.71. The maximum atomic E-state index is 14.2. The molecule has 0 unspecified atom stereocenters. The normalized spacial score (nSPS) is 11.7. The van der Waals surface area contributed by atoms with Gasteiger partial charge in [-0.15, -0.1) is 0 Å². The SMILES string of the molecule is Fc1cc(-c2nccnc2Oc2ccc(C(F)(F)F)cc2)cc2n[nH]nc12. The van der Waals surface area contributed by atoms with Crippen LogP contribution in [0.4, 0.5) is 17.6 Å². The van der Waals surface area contributed by atoms with Crippen molar-refractivity contribution >= 4 is 11.0 Å². The van der Waals surface area contributed by atoms with Crippen LogP contribution in [0.1, 0.15) is 5.56 Å². The van der Waals surface area contributed by atoms with E-state index in [4.69, 9.17) is 4.74 Å². The molecule has 136 valence electrons. The van der Waals surface area contributed by atoms with Crippen molar-refractivity contribution in [2.75, 3.05) is 0 Å². The number of hydrogen-bond acceptors (Lipinski definition) is 5. The Labute approximate surface area is 148 Å². The summed E-state index contributed by atoms with van der Waals surface area (Å²) in [5, 5.41) is 9.87. The van der Waals surface area contributed by atoms with Crippen LogP contribution in [0.2, 0.25) is 0 Å². The van der Waals surface area contributed by atoms with Crippen LogP contribution < -0.4 is 4.74 Å². The maximum absolute atomic E-state index is 14.2. The van der Waals surface area contributed by atoms with Crippen molar-refractivity contribution in [1.29, 1.82) is 0 Å². The highest BCUT2D eigenvalue weighted by Crippen LogP contribution is 2.34. The number of hydrogen-bond donors (Lipinski definition) is 1. The van der Waals surface area contributed by atoms with E-state index in [0.717, 1.165) is 12.1 Å². The van der Waals surface area contributed by atoms with Crippen LogP contribution in [0.3, 0.4) is 0 Å². The zero-order valence-corrected chi connectivity index (χ0v) is 13.3. The number of ether oxygens (including phenoxy) is 1. The van der Waals surface area contributed by atoms with Crippen LogP contribution >= 0.6 is 0 Å². The van der Waals surface area contributed by atoms with Crippen molar-refractivity contribution in [2.24, 2.45) is 0 Å². The molecular weight excluding hydrogens is 366 g/mol. The summed E-state index contributed by atoms with van der Waals surface area (Å²) in [5.74, 6) is -0.463. The molecular formula is C17H9F4N5O. The first-order valence-electron chi connectivity index (χ1n) is 7.58. The van der Waals surface area contributed by atoms with Crippen molar-refractivity contribution in [3.8, 4) is 22.9 Å². The van der Waals surface area contributed by atoms with Crippen LogP contribution in [-0.2, 0) is 6.18 Å². The molecule has 2 aromatic heterocycles. The second-order valence-electron chi connectivity index (χ2n) is 5.48. The van der Waals surface area contributed by atoms with E-state index >= 15 is 0 Å². The van der Waals surface area contributed by atoms with Gasteiger partial charge in [0.15, 0.2) is 5.82 Å². The average molecular weight is 375 g/mol. The number of nitrogens with one attached hydrogen (secondary N) is 1. The molecule has 2 aromatic carbocycles. The molecule has 0 radical (unpaired) electrons. The monoisotopic (exact) mass is 375 g/mol. The van der Waals surface area contributed by atoms with Gasteiger partial charge in [-0.1, -0.05) is 0 Å². The van der Waals surface area contributed by atoms with Gasteiger partial charge < -0.3 is 4.74 Å². The van der Waals surface area contributed by atoms with E-state index in [-0.39, 0.29) is 28.4 Å². The summed E-state index contributed by atoms with van der Waals surface area (Å²) in [5.41, 5.74) is 0.113. The van der Waals surface area contributed by atoms with E-state index in [9.17, 15) is 17.6 Å². The lowest BCUT2D eigenvalue weighted by Crippen LogP contribution is -2.04. The summed E-state index contributed by atoms with van der Waals surface area (Å²) in [6.45, 7) is 0. The van der Waals surface area contributed by atoms with Crippen molar-refractivity contribution in [2.45, 2.75) is 6.18 Å². The number of halogens is 4. The average Bonchev–Trinajstić information content (AvgIpc) is 3.11. The standard InChI is InChI=1S/C17H9F4N5O/c18-12-7-9(8-13-15(12)25-26-24-13)14-16(23-6-5-22-14)27-11-3-1-10(2-4-11)17(19,20)21/h1-8H,(H,24,25,26). The van der Waals surface area contributed by atoms with Crippen molar-refractivity contribution in [1.82, 2.24) is 25.4 Å². The lowest BCUT2D eigenvalue weighted by atomic mass is 10.1. The zero-order chi connectivity index (χ0) is 19.0. The van der Waals surface area contributed by atoms with Crippen LogP contribution in [0, 0.1) is 5.82 Å². The summed E-state index contributed by atoms with van der Waals surface area (Å²) < 4.78 is 57.7. The fourth-order valence-electron chi connectivity index (χ4n) is 2.47. The lowest BCUT2D eigenvalue weighted by molar-refractivity contribution is -0.137. The van der Waals surface area contributed by atoms with Gasteiger partial charge in [0.25, 0.3) is 0 Å². The number of aromatic nitrogens is 5. The molecule has 0 aliphatic carbocycles. The molecule has 4 aromatic rings. The van der Waals surface area contributed by atoms with Crippen LogP contribution in [0.5, 0.6) is 11.6 Å². The van der Waals surface area contributed by atoms with E-state index in [1.807, 2.05) is 0 Å². The van der Waals surface area contributed by atoms with Gasteiger partial charge in [-0.3, -0.25) is 0 Å². The Balaban J connectivity index is 1.70. The minimum atomic E-state index is -4.44. The molecule has 4 rings (SSSR count). The number of aromatic amines is 1. The highest BCUT2D eigenvalue weighted by molar-refractivity contribution is 5.81. The Morgan fingerprint density at radius 2 is 1.67 bits per heavy atom. The largest absolute Gasteiger partial charge is 0.437 e. The summed E-state index contributed by atoms with van der Waals surface area (Å²) in [6, 6.07) is 6.88. The third kappa shape index (κ3) is 3.28. The van der Waals surface area contributed by atoms with Crippen LogP contribution in [0.25, 0.3) is 22.3 Å². The van der Waals surface area contributed by atoms with E-state index in [1.165, 1.54) is 30.6 Å². The van der Waals surface area contributed by atoms with Gasteiger partial charge >= 0.3 is 6.18 Å². The van der Waals surface area contributed by atoms with Gasteiger partial charge in [0, 0.05) is 18.0 Å². The first-order chi connectivity index (χ1) is 12.9. The Bertz CT molecular complexity index is 1110. The molecule has 0 spiro atoms. The lowest BCUT2D eigenvalue weighted by Gasteiger charge is -2.11. The van der Waals surface area contributed by atoms with Crippen molar-refractivity contribution in [3.05, 3.63) is 60.2 Å². The van der Waals surface area contributed by atoms with Crippen LogP contribution in [0.15, 0.2) is 48.8 Å². The fourth-order valence-corrected chi connectivity index (χ4v) is 2.47. The fraction of sp³-hybridized carbons (Fsp3) is 0.0588. The van der Waals surface area contributed by atoms with Gasteiger partial charge in [0.05, 0.1) is 5.56 Å². The minimum Gasteiger partial charge on any atom is -0.437 e. The van der Waals surface area contributed by atoms with Gasteiger partial charge in [-0.2, -0.15) is 28.6 Å². The summed E-state index contributed by atoms with van der Waals surface area (Å²) in [6.07, 6.45) is -1.70. The van der Waals surface area contributed by atoms with Gasteiger partial charge in [0.2, 0.25) is 5.88 Å². The molecule has 0 bridgehead atoms. The van der Waals surface area contributed by atoms with Crippen LogP contribution in [-0.4, -0.2) is 25.4 Å². The Hall–Kier alpha value is -3.56. The third-order valence-corrected chi connectivity index (χ3v) is 3.71. The number of rotatable bonds is 3. The van der Waals surface area contributed by atoms with Gasteiger partial charge in [-0.05, 0) is 36.4 Å². The highest BCUT2D eigenvalue weighted by atomic mass is 19.4. The molecule has 0 saturated heterocycles. The molecule has 0 saturated carbocycles. The molecule has 27 heavy (non-hydrogen) atoms. The molecule has 6 nitrogen and oxygen atoms in total. The maximum Gasteiger partial charge on any atom is 0.416 e. The second-order valence-corrected chi connectivity index (χ2v) is 5.48. The quantitative estimate of drug-likeness (QED) is 0.538. The first-order valence-corrected chi connectivity index (χ1v) is 7.58. The highest BCUT2D eigenvalue weighted by Gasteiger charge is 2.30. The van der Waals surface area contributed by atoms with E-state index in [1.54, 1.807) is 6.07 Å². The topological polar surface area (TPSA) is 76.6 Å². The summed E-state index contributed by atoms with van der Waals surface area (Å²) in [7, 11) is 0. The zero-order valence-electron chi connectivity index (χ0n) is 13.3. The van der Waals surface area contributed by atoms with Gasteiger partial charge in [0.1, 0.15) is 22.5 Å². The van der Waals surface area contributed by atoms with Gasteiger partial charge in [-0.25, -0.2) is 14.4 Å². The Morgan fingerprint density at radius 3 is 2.41 bits per heavy atom. The number of fused-ring (bicyclic) bond motifs is 1. The molecule has 0 fully saturated rings. The van der Waals surface area contributed by atoms with E-state index in [2.05, 4.69) is 25.4 Å². The van der Waals surface area contributed by atoms with E-state index < -0.39 is 17.6 Å². The molecule has 0 amide bonds. The van der Waals surface area contributed by atoms with E-state index in [0.29, 0.717) is 5.56 Å². The predicted molar refractivity (Wildman–Crippen MR) is 86.4 cm³/mol. The molecule has 10 heteroatoms. The number of alkyl halides is 3. The molecule has 1 N–H and O–H groups in total. The number of nitrogens with zero attached hydrogens (tertiary/aromatic N) is 4.